The average Bonchev–Trinajstić information content (AvgIpc) is 2.88. The number of rotatable bonds is 4. The Morgan fingerprint density at radius 1 is 1.38 bits per heavy atom. The summed E-state index contributed by atoms with van der Waals surface area (Å²) < 4.78 is 43.2. The zero-order valence-corrected chi connectivity index (χ0v) is 11.2. The van der Waals surface area contributed by atoms with Crippen molar-refractivity contribution in [3.8, 4) is 17.1 Å². The molecule has 21 heavy (non-hydrogen) atoms. The highest BCUT2D eigenvalue weighted by Gasteiger charge is 2.34. The van der Waals surface area contributed by atoms with Crippen LogP contribution >= 0.6 is 0 Å². The number of halogens is 3. The third kappa shape index (κ3) is 3.33. The van der Waals surface area contributed by atoms with Gasteiger partial charge in [0.25, 0.3) is 0 Å². The molecule has 0 bridgehead atoms. The molecule has 0 aliphatic heterocycles. The smallest absolute Gasteiger partial charge is 0.419 e. The maximum absolute atomic E-state index is 12.7. The van der Waals surface area contributed by atoms with E-state index in [-0.39, 0.29) is 17.3 Å². The van der Waals surface area contributed by atoms with E-state index in [1.165, 1.54) is 6.07 Å². The van der Waals surface area contributed by atoms with Crippen LogP contribution in [0.1, 0.15) is 37.3 Å². The highest BCUT2D eigenvalue weighted by molar-refractivity contribution is 5.58. The molecule has 0 fully saturated rings. The minimum Gasteiger partial charge on any atom is -0.507 e. The van der Waals surface area contributed by atoms with Gasteiger partial charge < -0.3 is 15.4 Å². The Bertz CT molecular complexity index is 625. The quantitative estimate of drug-likeness (QED) is 0.905. The van der Waals surface area contributed by atoms with Crippen LogP contribution in [0.3, 0.4) is 0 Å². The molecule has 3 N–H and O–H groups in total. The highest BCUT2D eigenvalue weighted by Crippen LogP contribution is 2.37. The molecule has 5 nitrogen and oxygen atoms in total. The first-order chi connectivity index (χ1) is 9.82. The lowest BCUT2D eigenvalue weighted by molar-refractivity contribution is -0.138. The number of hydrogen-bond acceptors (Lipinski definition) is 5. The molecule has 1 atom stereocenters. The Kier molecular flexibility index (Phi) is 4.17. The van der Waals surface area contributed by atoms with Gasteiger partial charge in [-0.15, -0.1) is 0 Å². The monoisotopic (exact) mass is 301 g/mol. The molecular weight excluding hydrogens is 287 g/mol. The van der Waals surface area contributed by atoms with Gasteiger partial charge in [0, 0.05) is 5.56 Å². The predicted molar refractivity (Wildman–Crippen MR) is 68.2 cm³/mol. The van der Waals surface area contributed by atoms with Gasteiger partial charge in [-0.2, -0.15) is 18.2 Å². The van der Waals surface area contributed by atoms with E-state index in [2.05, 4.69) is 10.1 Å². The number of aromatic nitrogens is 2. The number of phenols is 1. The summed E-state index contributed by atoms with van der Waals surface area (Å²) in [4.78, 5) is 4.00. The van der Waals surface area contributed by atoms with Crippen LogP contribution in [0.15, 0.2) is 22.7 Å². The fraction of sp³-hybridized carbons (Fsp3) is 0.385. The van der Waals surface area contributed by atoms with Gasteiger partial charge in [-0.25, -0.2) is 0 Å². The number of nitrogens with two attached hydrogens (primary N) is 1. The van der Waals surface area contributed by atoms with Crippen LogP contribution in [0.4, 0.5) is 13.2 Å². The van der Waals surface area contributed by atoms with Crippen molar-refractivity contribution in [3.05, 3.63) is 29.7 Å². The maximum atomic E-state index is 12.7. The van der Waals surface area contributed by atoms with E-state index in [0.717, 1.165) is 18.6 Å². The van der Waals surface area contributed by atoms with Crippen molar-refractivity contribution in [2.45, 2.75) is 32.0 Å². The van der Waals surface area contributed by atoms with E-state index < -0.39 is 23.5 Å². The lowest BCUT2D eigenvalue weighted by Gasteiger charge is -2.09. The third-order valence-electron chi connectivity index (χ3n) is 2.92. The first-order valence-corrected chi connectivity index (χ1v) is 6.32. The zero-order chi connectivity index (χ0) is 15.6. The van der Waals surface area contributed by atoms with Crippen molar-refractivity contribution in [2.75, 3.05) is 0 Å². The Hall–Kier alpha value is -2.09. The molecule has 2 rings (SSSR count). The number of aromatic hydroxyl groups is 1. The summed E-state index contributed by atoms with van der Waals surface area (Å²) >= 11 is 0. The predicted octanol–water partition coefficient (Wildman–Crippen LogP) is 3.26. The fourth-order valence-corrected chi connectivity index (χ4v) is 1.84. The van der Waals surface area contributed by atoms with Gasteiger partial charge in [-0.05, 0) is 24.6 Å². The fourth-order valence-electron chi connectivity index (χ4n) is 1.84. The minimum atomic E-state index is -4.66. The van der Waals surface area contributed by atoms with Crippen molar-refractivity contribution in [1.82, 2.24) is 10.1 Å². The van der Waals surface area contributed by atoms with E-state index in [0.29, 0.717) is 6.42 Å². The van der Waals surface area contributed by atoms with E-state index in [1.807, 2.05) is 6.92 Å². The van der Waals surface area contributed by atoms with Gasteiger partial charge in [0.2, 0.25) is 11.7 Å². The molecule has 8 heteroatoms. The highest BCUT2D eigenvalue weighted by atomic mass is 19.4. The SMILES string of the molecule is CCC[C@H](N)c1nc(-c2ccc(O)c(C(F)(F)F)c2)no1. The standard InChI is InChI=1S/C13H14F3N3O2/c1-2-3-9(17)12-18-11(19-21-12)7-4-5-10(20)8(6-7)13(14,15)16/h4-6,9,20H,2-3,17H2,1H3/t9-/m0/s1. The van der Waals surface area contributed by atoms with Crippen molar-refractivity contribution < 1.29 is 22.8 Å². The molecule has 0 saturated heterocycles. The minimum absolute atomic E-state index is 0.00190. The molecule has 114 valence electrons. The summed E-state index contributed by atoms with van der Waals surface area (Å²) in [6.07, 6.45) is -3.22. The summed E-state index contributed by atoms with van der Waals surface area (Å²) in [5.41, 5.74) is 4.75. The Morgan fingerprint density at radius 3 is 2.71 bits per heavy atom. The number of alkyl halides is 3. The van der Waals surface area contributed by atoms with E-state index in [9.17, 15) is 18.3 Å². The first-order valence-electron chi connectivity index (χ1n) is 6.32. The van der Waals surface area contributed by atoms with E-state index in [4.69, 9.17) is 10.3 Å². The van der Waals surface area contributed by atoms with Crippen LogP contribution in [-0.4, -0.2) is 15.2 Å². The summed E-state index contributed by atoms with van der Waals surface area (Å²) in [6.45, 7) is 1.94. The Labute approximate surface area is 118 Å². The van der Waals surface area contributed by atoms with Crippen LogP contribution in [-0.2, 0) is 6.18 Å². The lowest BCUT2D eigenvalue weighted by Crippen LogP contribution is -2.10. The molecule has 0 spiro atoms. The van der Waals surface area contributed by atoms with Crippen LogP contribution < -0.4 is 5.73 Å². The first kappa shape index (κ1) is 15.3. The second-order valence-corrected chi connectivity index (χ2v) is 4.58. The van der Waals surface area contributed by atoms with Gasteiger partial charge in [0.1, 0.15) is 5.75 Å². The third-order valence-corrected chi connectivity index (χ3v) is 2.92. The second-order valence-electron chi connectivity index (χ2n) is 4.58. The zero-order valence-electron chi connectivity index (χ0n) is 11.2. The van der Waals surface area contributed by atoms with Crippen LogP contribution in [0.5, 0.6) is 5.75 Å². The van der Waals surface area contributed by atoms with Gasteiger partial charge in [-0.3, -0.25) is 0 Å². The number of phenolic OH excluding ortho intramolecular Hbond substituents is 1. The van der Waals surface area contributed by atoms with Gasteiger partial charge in [-0.1, -0.05) is 18.5 Å². The van der Waals surface area contributed by atoms with Gasteiger partial charge in [0.05, 0.1) is 11.6 Å². The molecule has 0 amide bonds. The van der Waals surface area contributed by atoms with Crippen molar-refractivity contribution >= 4 is 0 Å². The van der Waals surface area contributed by atoms with Crippen LogP contribution in [0.25, 0.3) is 11.4 Å². The Morgan fingerprint density at radius 2 is 2.10 bits per heavy atom. The van der Waals surface area contributed by atoms with Crippen molar-refractivity contribution in [3.63, 3.8) is 0 Å². The van der Waals surface area contributed by atoms with Crippen molar-refractivity contribution in [1.29, 1.82) is 0 Å². The molecule has 1 heterocycles. The molecule has 0 radical (unpaired) electrons. The summed E-state index contributed by atoms with van der Waals surface area (Å²) in [6, 6.07) is 2.55. The van der Waals surface area contributed by atoms with Gasteiger partial charge >= 0.3 is 6.18 Å². The summed E-state index contributed by atoms with van der Waals surface area (Å²) in [5, 5.41) is 12.9. The van der Waals surface area contributed by atoms with E-state index >= 15 is 0 Å². The topological polar surface area (TPSA) is 85.2 Å². The normalized spacial score (nSPS) is 13.4. The number of hydrogen-bond donors (Lipinski definition) is 2. The average molecular weight is 301 g/mol. The maximum Gasteiger partial charge on any atom is 0.419 e. The van der Waals surface area contributed by atoms with Crippen LogP contribution in [0, 0.1) is 0 Å². The molecule has 0 aliphatic rings. The molecule has 1 aromatic heterocycles. The molecule has 0 aliphatic carbocycles. The molecule has 1 aromatic carbocycles. The van der Waals surface area contributed by atoms with Crippen LogP contribution in [0.2, 0.25) is 0 Å². The molecule has 2 aromatic rings. The van der Waals surface area contributed by atoms with E-state index in [1.54, 1.807) is 0 Å². The largest absolute Gasteiger partial charge is 0.507 e. The molecular formula is C13H14F3N3O2. The second kappa shape index (κ2) is 5.72. The molecule has 0 saturated carbocycles. The van der Waals surface area contributed by atoms with Gasteiger partial charge in [0.15, 0.2) is 0 Å². The number of benzene rings is 1. The number of nitrogens with zero attached hydrogens (tertiary/aromatic N) is 2. The molecule has 0 unspecified atom stereocenters. The summed E-state index contributed by atoms with van der Waals surface area (Å²) in [7, 11) is 0. The van der Waals surface area contributed by atoms with Crippen molar-refractivity contribution in [2.24, 2.45) is 5.73 Å². The lowest BCUT2D eigenvalue weighted by atomic mass is 10.1. The summed E-state index contributed by atoms with van der Waals surface area (Å²) in [5.74, 6) is -0.673. The Balaban J connectivity index is 2.35.